The molecule has 10 atom stereocenters. The number of hydrogen-bond acceptors (Lipinski definition) is 7. The summed E-state index contributed by atoms with van der Waals surface area (Å²) < 4.78 is 11.6. The fourth-order valence-corrected chi connectivity index (χ4v) is 8.22. The maximum Gasteiger partial charge on any atom is 0.302 e. The molecule has 174 valence electrons. The fraction of sp³-hybridized carbons (Fsp3) is 0.833. The Hall–Kier alpha value is -1.44. The number of aliphatic hydroxyl groups is 3. The summed E-state index contributed by atoms with van der Waals surface area (Å²) in [5.74, 6) is -1.61. The molecule has 0 aliphatic heterocycles. The molecule has 0 aromatic heterocycles. The van der Waals surface area contributed by atoms with Crippen molar-refractivity contribution in [2.45, 2.75) is 90.8 Å². The number of hydrogen-bond donors (Lipinski definition) is 3. The van der Waals surface area contributed by atoms with Gasteiger partial charge in [-0.25, -0.2) is 0 Å². The van der Waals surface area contributed by atoms with Crippen molar-refractivity contribution >= 4 is 11.9 Å². The molecule has 1 spiro atoms. The Labute approximate surface area is 183 Å². The molecule has 4 rings (SSSR count). The smallest absolute Gasteiger partial charge is 0.302 e. The minimum Gasteiger partial charge on any atom is -0.462 e. The van der Waals surface area contributed by atoms with Crippen LogP contribution >= 0.6 is 0 Å². The van der Waals surface area contributed by atoms with Gasteiger partial charge in [-0.3, -0.25) is 9.59 Å². The molecule has 4 aliphatic rings. The lowest BCUT2D eigenvalue weighted by Crippen LogP contribution is -2.72. The lowest BCUT2D eigenvalue weighted by atomic mass is 9.38. The highest BCUT2D eigenvalue weighted by molar-refractivity contribution is 5.67. The van der Waals surface area contributed by atoms with E-state index in [1.54, 1.807) is 0 Å². The van der Waals surface area contributed by atoms with Crippen LogP contribution in [0, 0.1) is 34.0 Å². The van der Waals surface area contributed by atoms with Crippen molar-refractivity contribution in [1.29, 1.82) is 0 Å². The molecule has 4 fully saturated rings. The van der Waals surface area contributed by atoms with Crippen LogP contribution in [0.5, 0.6) is 0 Å². The molecule has 7 nitrogen and oxygen atoms in total. The van der Waals surface area contributed by atoms with Gasteiger partial charge in [-0.2, -0.15) is 0 Å². The second-order valence-corrected chi connectivity index (χ2v) is 11.2. The topological polar surface area (TPSA) is 113 Å². The maximum atomic E-state index is 12.1. The average Bonchev–Trinajstić information content (AvgIpc) is 2.83. The molecule has 0 aromatic rings. The number of esters is 2. The Bertz CT molecular complexity index is 806. The van der Waals surface area contributed by atoms with Crippen LogP contribution in [-0.2, 0) is 19.1 Å². The molecule has 0 saturated heterocycles. The van der Waals surface area contributed by atoms with E-state index in [0.29, 0.717) is 24.8 Å². The summed E-state index contributed by atoms with van der Waals surface area (Å²) >= 11 is 0. The molecular weight excluding hydrogens is 400 g/mol. The second-order valence-electron chi connectivity index (χ2n) is 11.2. The number of carbonyl (C=O) groups is 2. The third kappa shape index (κ3) is 2.89. The maximum absolute atomic E-state index is 12.1. The lowest BCUT2D eigenvalue weighted by molar-refractivity contribution is -0.292. The average molecular weight is 437 g/mol. The minimum atomic E-state index is -0.922. The highest BCUT2D eigenvalue weighted by atomic mass is 16.6. The molecule has 0 amide bonds. The van der Waals surface area contributed by atoms with E-state index in [2.05, 4.69) is 6.58 Å². The standard InChI is InChI=1S/C24H36O7/c1-11-14-7-15(27)20-23(6)16(22(4,5)17(28)9-18(23)30-12(2)25)8-19(31-13(3)26)24(20,10-14)21(11)29/h14-21,27-29H,1,7-10H2,2-6H3. The zero-order valence-electron chi connectivity index (χ0n) is 19.1. The van der Waals surface area contributed by atoms with Crippen molar-refractivity contribution in [3.8, 4) is 0 Å². The van der Waals surface area contributed by atoms with Crippen LogP contribution in [0.25, 0.3) is 0 Å². The summed E-state index contributed by atoms with van der Waals surface area (Å²) in [6, 6.07) is 0. The quantitative estimate of drug-likeness (QED) is 0.448. The van der Waals surface area contributed by atoms with E-state index in [4.69, 9.17) is 9.47 Å². The first kappa shape index (κ1) is 22.7. The monoisotopic (exact) mass is 436 g/mol. The summed E-state index contributed by atoms with van der Waals surface area (Å²) in [6.07, 6.45) is -1.95. The fourth-order valence-electron chi connectivity index (χ4n) is 8.22. The summed E-state index contributed by atoms with van der Waals surface area (Å²) in [7, 11) is 0. The Morgan fingerprint density at radius 3 is 2.13 bits per heavy atom. The van der Waals surface area contributed by atoms with Gasteiger partial charge in [0.05, 0.1) is 18.3 Å². The SMILES string of the molecule is C=C1C2CC(O)C3C4(C)C(OC(C)=O)CC(O)C(C)(C)C4CC(OC(C)=O)C3(C2)C1O. The third-order valence-corrected chi connectivity index (χ3v) is 9.45. The van der Waals surface area contributed by atoms with E-state index >= 15 is 0 Å². The van der Waals surface area contributed by atoms with Crippen molar-refractivity contribution in [3.63, 3.8) is 0 Å². The highest BCUT2D eigenvalue weighted by Crippen LogP contribution is 2.72. The van der Waals surface area contributed by atoms with Crippen LogP contribution in [0.1, 0.15) is 60.3 Å². The molecule has 7 heteroatoms. The largest absolute Gasteiger partial charge is 0.462 e. The van der Waals surface area contributed by atoms with Crippen LogP contribution in [0.4, 0.5) is 0 Å². The molecule has 10 unspecified atom stereocenters. The summed E-state index contributed by atoms with van der Waals surface area (Å²) in [6.45, 7) is 12.8. The number of carbonyl (C=O) groups excluding carboxylic acids is 2. The Kier molecular flexibility index (Phi) is 5.16. The van der Waals surface area contributed by atoms with Crippen LogP contribution in [0.15, 0.2) is 12.2 Å². The van der Waals surface area contributed by atoms with Crippen molar-refractivity contribution in [2.24, 2.45) is 34.0 Å². The van der Waals surface area contributed by atoms with Crippen LogP contribution in [0.2, 0.25) is 0 Å². The second kappa shape index (κ2) is 7.03. The Morgan fingerprint density at radius 2 is 1.55 bits per heavy atom. The molecule has 31 heavy (non-hydrogen) atoms. The number of ether oxygens (including phenoxy) is 2. The van der Waals surface area contributed by atoms with Gasteiger partial charge in [0.25, 0.3) is 0 Å². The number of fused-ring (bicyclic) bond motifs is 3. The summed E-state index contributed by atoms with van der Waals surface area (Å²) in [5.41, 5.74) is -1.50. The van der Waals surface area contributed by atoms with Gasteiger partial charge in [0.2, 0.25) is 0 Å². The van der Waals surface area contributed by atoms with Crippen molar-refractivity contribution < 1.29 is 34.4 Å². The van der Waals surface area contributed by atoms with Gasteiger partial charge < -0.3 is 24.8 Å². The Morgan fingerprint density at radius 1 is 0.968 bits per heavy atom. The van der Waals surface area contributed by atoms with E-state index in [0.717, 1.165) is 0 Å². The molecule has 0 aromatic carbocycles. The number of aliphatic hydroxyl groups excluding tert-OH is 3. The first-order chi connectivity index (χ1) is 14.3. The van der Waals surface area contributed by atoms with Gasteiger partial charge in [-0.05, 0) is 42.1 Å². The van der Waals surface area contributed by atoms with Gasteiger partial charge >= 0.3 is 11.9 Å². The molecule has 2 bridgehead atoms. The van der Waals surface area contributed by atoms with E-state index in [9.17, 15) is 24.9 Å². The van der Waals surface area contributed by atoms with Gasteiger partial charge in [0, 0.05) is 37.0 Å². The first-order valence-electron chi connectivity index (χ1n) is 11.3. The summed E-state index contributed by atoms with van der Waals surface area (Å²) in [5, 5.41) is 33.9. The highest BCUT2D eigenvalue weighted by Gasteiger charge is 2.76. The predicted octanol–water partition coefficient (Wildman–Crippen LogP) is 1.97. The van der Waals surface area contributed by atoms with E-state index in [1.165, 1.54) is 13.8 Å². The van der Waals surface area contributed by atoms with Gasteiger partial charge in [0.1, 0.15) is 12.2 Å². The lowest BCUT2D eigenvalue weighted by Gasteiger charge is -2.68. The van der Waals surface area contributed by atoms with Crippen molar-refractivity contribution in [3.05, 3.63) is 12.2 Å². The molecular formula is C24H36O7. The molecule has 0 radical (unpaired) electrons. The van der Waals surface area contributed by atoms with Gasteiger partial charge in [-0.15, -0.1) is 0 Å². The third-order valence-electron chi connectivity index (χ3n) is 9.45. The zero-order chi connectivity index (χ0) is 23.1. The Balaban J connectivity index is 1.93. The molecule has 0 heterocycles. The summed E-state index contributed by atoms with van der Waals surface area (Å²) in [4.78, 5) is 24.1. The zero-order valence-corrected chi connectivity index (χ0v) is 19.1. The van der Waals surface area contributed by atoms with Crippen LogP contribution < -0.4 is 0 Å². The van der Waals surface area contributed by atoms with Crippen molar-refractivity contribution in [1.82, 2.24) is 0 Å². The predicted molar refractivity (Wildman–Crippen MR) is 112 cm³/mol. The van der Waals surface area contributed by atoms with E-state index in [-0.39, 0.29) is 18.3 Å². The van der Waals surface area contributed by atoms with Crippen LogP contribution in [-0.4, -0.2) is 57.8 Å². The van der Waals surface area contributed by atoms with Gasteiger partial charge in [0.15, 0.2) is 0 Å². The van der Waals surface area contributed by atoms with E-state index < -0.39 is 64.6 Å². The molecule has 4 aliphatic carbocycles. The molecule has 4 saturated carbocycles. The molecule has 3 N–H and O–H groups in total. The van der Waals surface area contributed by atoms with Crippen molar-refractivity contribution in [2.75, 3.05) is 0 Å². The first-order valence-corrected chi connectivity index (χ1v) is 11.3. The van der Waals surface area contributed by atoms with E-state index in [1.807, 2.05) is 20.8 Å². The minimum absolute atomic E-state index is 0.0474. The van der Waals surface area contributed by atoms with Crippen LogP contribution in [0.3, 0.4) is 0 Å². The number of rotatable bonds is 2. The van der Waals surface area contributed by atoms with Gasteiger partial charge in [-0.1, -0.05) is 27.4 Å². The normalized spacial score (nSPS) is 50.3.